The summed E-state index contributed by atoms with van der Waals surface area (Å²) in [5.41, 5.74) is 0. The lowest BCUT2D eigenvalue weighted by Gasteiger charge is -1.99. The van der Waals surface area contributed by atoms with Gasteiger partial charge in [-0.25, -0.2) is 0 Å². The fourth-order valence-electron chi connectivity index (χ4n) is 1.44. The lowest BCUT2D eigenvalue weighted by Crippen LogP contribution is -2.14. The smallest absolute Gasteiger partial charge is 0.218 e. The molecule has 0 aliphatic carbocycles. The lowest BCUT2D eigenvalue weighted by molar-refractivity contribution is 0.133. The third-order valence-electron chi connectivity index (χ3n) is 2.31. The van der Waals surface area contributed by atoms with E-state index in [2.05, 4.69) is 29.4 Å². The van der Waals surface area contributed by atoms with E-state index in [9.17, 15) is 0 Å². The first kappa shape index (κ1) is 14.1. The van der Waals surface area contributed by atoms with E-state index in [-0.39, 0.29) is 0 Å². The molecule has 1 aromatic heterocycles. The Labute approximate surface area is 103 Å². The topological polar surface area (TPSA) is 60.2 Å². The van der Waals surface area contributed by atoms with Gasteiger partial charge in [0.1, 0.15) is 0 Å². The Hall–Kier alpha value is -0.940. The summed E-state index contributed by atoms with van der Waals surface area (Å²) in [5, 5.41) is 11.3. The molecule has 1 aromatic rings. The van der Waals surface area contributed by atoms with Crippen molar-refractivity contribution in [3.05, 3.63) is 11.8 Å². The average molecular weight is 241 g/mol. The molecule has 0 saturated carbocycles. The number of nitrogens with one attached hydrogen (secondary N) is 1. The summed E-state index contributed by atoms with van der Waals surface area (Å²) in [6.07, 6.45) is 3.62. The molecule has 0 bridgehead atoms. The second kappa shape index (κ2) is 9.13. The number of nitrogens with zero attached hydrogens (tertiary/aromatic N) is 2. The van der Waals surface area contributed by atoms with Gasteiger partial charge in [0.25, 0.3) is 0 Å². The van der Waals surface area contributed by atoms with E-state index in [4.69, 9.17) is 9.15 Å². The first-order valence-electron chi connectivity index (χ1n) is 6.46. The van der Waals surface area contributed by atoms with Crippen LogP contribution in [-0.2, 0) is 17.6 Å². The second-order valence-electron chi connectivity index (χ2n) is 3.91. The predicted molar refractivity (Wildman–Crippen MR) is 66.0 cm³/mol. The van der Waals surface area contributed by atoms with Crippen molar-refractivity contribution >= 4 is 0 Å². The number of ether oxygens (including phenoxy) is 1. The van der Waals surface area contributed by atoms with Crippen LogP contribution in [0.3, 0.4) is 0 Å². The van der Waals surface area contributed by atoms with Crippen molar-refractivity contribution in [3.8, 4) is 0 Å². The molecule has 17 heavy (non-hydrogen) atoms. The molecule has 0 aliphatic rings. The van der Waals surface area contributed by atoms with Gasteiger partial charge in [0.2, 0.25) is 11.8 Å². The van der Waals surface area contributed by atoms with E-state index >= 15 is 0 Å². The van der Waals surface area contributed by atoms with Gasteiger partial charge in [-0.15, -0.1) is 10.2 Å². The molecule has 0 spiro atoms. The van der Waals surface area contributed by atoms with Gasteiger partial charge in [0.05, 0.1) is 6.61 Å². The molecule has 5 heteroatoms. The van der Waals surface area contributed by atoms with Crippen LogP contribution in [0.25, 0.3) is 0 Å². The Morgan fingerprint density at radius 1 is 1.12 bits per heavy atom. The van der Waals surface area contributed by atoms with Crippen molar-refractivity contribution < 1.29 is 9.15 Å². The summed E-state index contributed by atoms with van der Waals surface area (Å²) in [6, 6.07) is 0. The van der Waals surface area contributed by atoms with E-state index in [1.54, 1.807) is 0 Å². The summed E-state index contributed by atoms with van der Waals surface area (Å²) in [7, 11) is 0. The highest BCUT2D eigenvalue weighted by molar-refractivity contribution is 4.82. The first-order chi connectivity index (χ1) is 8.36. The van der Waals surface area contributed by atoms with Crippen LogP contribution in [0.2, 0.25) is 0 Å². The Bertz CT molecular complexity index is 263. The highest BCUT2D eigenvalue weighted by Gasteiger charge is 2.05. The quantitative estimate of drug-likeness (QED) is 0.630. The standard InChI is InChI=1S/C12H23N3O2/c1-3-9-16-10-7-12-15-14-11(17-12)6-5-8-13-4-2/h13H,3-10H2,1-2H3. The minimum atomic E-state index is 0.660. The summed E-state index contributed by atoms with van der Waals surface area (Å²) in [4.78, 5) is 0. The Morgan fingerprint density at radius 3 is 2.59 bits per heavy atom. The molecule has 0 fully saturated rings. The molecule has 0 unspecified atom stereocenters. The Kier molecular flexibility index (Phi) is 7.58. The monoisotopic (exact) mass is 241 g/mol. The van der Waals surface area contributed by atoms with Crippen LogP contribution in [-0.4, -0.2) is 36.5 Å². The number of aromatic nitrogens is 2. The molecule has 0 atom stereocenters. The maximum atomic E-state index is 5.51. The maximum Gasteiger partial charge on any atom is 0.218 e. The minimum absolute atomic E-state index is 0.660. The van der Waals surface area contributed by atoms with Crippen molar-refractivity contribution in [2.24, 2.45) is 0 Å². The van der Waals surface area contributed by atoms with Crippen LogP contribution in [0.4, 0.5) is 0 Å². The third-order valence-corrected chi connectivity index (χ3v) is 2.31. The Balaban J connectivity index is 2.14. The van der Waals surface area contributed by atoms with E-state index in [0.29, 0.717) is 18.9 Å². The van der Waals surface area contributed by atoms with Crippen molar-refractivity contribution in [2.75, 3.05) is 26.3 Å². The molecular formula is C12H23N3O2. The highest BCUT2D eigenvalue weighted by atomic mass is 16.5. The van der Waals surface area contributed by atoms with Crippen LogP contribution >= 0.6 is 0 Å². The molecule has 5 nitrogen and oxygen atoms in total. The zero-order valence-corrected chi connectivity index (χ0v) is 10.9. The zero-order valence-electron chi connectivity index (χ0n) is 10.9. The molecule has 1 N–H and O–H groups in total. The third kappa shape index (κ3) is 6.38. The second-order valence-corrected chi connectivity index (χ2v) is 3.91. The van der Waals surface area contributed by atoms with Crippen molar-refractivity contribution in [3.63, 3.8) is 0 Å². The van der Waals surface area contributed by atoms with Gasteiger partial charge in [-0.2, -0.15) is 0 Å². The molecule has 0 radical (unpaired) electrons. The molecule has 1 heterocycles. The van der Waals surface area contributed by atoms with Crippen molar-refractivity contribution in [1.82, 2.24) is 15.5 Å². The summed E-state index contributed by atoms with van der Waals surface area (Å²) >= 11 is 0. The fraction of sp³-hybridized carbons (Fsp3) is 0.833. The molecule has 0 aliphatic heterocycles. The molecule has 1 rings (SSSR count). The number of hydrogen-bond donors (Lipinski definition) is 1. The highest BCUT2D eigenvalue weighted by Crippen LogP contribution is 2.03. The molecule has 0 saturated heterocycles. The summed E-state index contributed by atoms with van der Waals surface area (Å²) in [6.45, 7) is 7.64. The molecule has 98 valence electrons. The molecular weight excluding hydrogens is 218 g/mol. The molecule has 0 amide bonds. The van der Waals surface area contributed by atoms with Crippen molar-refractivity contribution in [1.29, 1.82) is 0 Å². The van der Waals surface area contributed by atoms with E-state index in [0.717, 1.165) is 44.8 Å². The van der Waals surface area contributed by atoms with Gasteiger partial charge >= 0.3 is 0 Å². The average Bonchev–Trinajstić information content (AvgIpc) is 2.78. The SMILES string of the molecule is CCCOCCc1nnc(CCCNCC)o1. The lowest BCUT2D eigenvalue weighted by atomic mass is 10.3. The minimum Gasteiger partial charge on any atom is -0.425 e. The van der Waals surface area contributed by atoms with Gasteiger partial charge in [-0.05, 0) is 25.9 Å². The van der Waals surface area contributed by atoms with Crippen LogP contribution in [0.5, 0.6) is 0 Å². The largest absolute Gasteiger partial charge is 0.425 e. The van der Waals surface area contributed by atoms with Crippen LogP contribution < -0.4 is 5.32 Å². The van der Waals surface area contributed by atoms with Gasteiger partial charge in [-0.1, -0.05) is 13.8 Å². The van der Waals surface area contributed by atoms with Gasteiger partial charge in [0, 0.05) is 19.4 Å². The van der Waals surface area contributed by atoms with Crippen molar-refractivity contribution in [2.45, 2.75) is 39.5 Å². The predicted octanol–water partition coefficient (Wildman–Crippen LogP) is 1.58. The van der Waals surface area contributed by atoms with Gasteiger partial charge < -0.3 is 14.5 Å². The zero-order chi connectivity index (χ0) is 12.3. The summed E-state index contributed by atoms with van der Waals surface area (Å²) < 4.78 is 10.9. The normalized spacial score (nSPS) is 10.9. The first-order valence-corrected chi connectivity index (χ1v) is 6.46. The van der Waals surface area contributed by atoms with Gasteiger partial charge in [-0.3, -0.25) is 0 Å². The van der Waals surface area contributed by atoms with Crippen LogP contribution in [0.15, 0.2) is 4.42 Å². The van der Waals surface area contributed by atoms with Crippen LogP contribution in [0.1, 0.15) is 38.5 Å². The van der Waals surface area contributed by atoms with E-state index in [1.807, 2.05) is 0 Å². The fourth-order valence-corrected chi connectivity index (χ4v) is 1.44. The number of rotatable bonds is 10. The van der Waals surface area contributed by atoms with Crippen LogP contribution in [0, 0.1) is 0 Å². The van der Waals surface area contributed by atoms with Gasteiger partial charge in [0.15, 0.2) is 0 Å². The molecule has 0 aromatic carbocycles. The number of hydrogen-bond acceptors (Lipinski definition) is 5. The maximum absolute atomic E-state index is 5.51. The van der Waals surface area contributed by atoms with E-state index < -0.39 is 0 Å². The summed E-state index contributed by atoms with van der Waals surface area (Å²) in [5.74, 6) is 1.41. The number of aryl methyl sites for hydroxylation is 1. The van der Waals surface area contributed by atoms with E-state index in [1.165, 1.54) is 0 Å². The Morgan fingerprint density at radius 2 is 1.88 bits per heavy atom.